The molecule has 2 aromatic carbocycles. The zero-order valence-corrected chi connectivity index (χ0v) is 15.9. The maximum atomic E-state index is 13.9. The molecule has 6 nitrogen and oxygen atoms in total. The second kappa shape index (κ2) is 8.52. The van der Waals surface area contributed by atoms with Gasteiger partial charge in [0, 0.05) is 25.3 Å². The first kappa shape index (κ1) is 20.0. The Labute approximate surface area is 167 Å². The summed E-state index contributed by atoms with van der Waals surface area (Å²) in [6, 6.07) is 15.4. The summed E-state index contributed by atoms with van der Waals surface area (Å²) in [5.74, 6) is 0.0911. The Balaban J connectivity index is 1.71. The van der Waals surface area contributed by atoms with Crippen LogP contribution in [0.15, 0.2) is 71.2 Å². The minimum absolute atomic E-state index is 0.0259. The molecule has 1 atom stereocenters. The topological polar surface area (TPSA) is 76.6 Å². The van der Waals surface area contributed by atoms with Crippen LogP contribution in [0.5, 0.6) is 0 Å². The van der Waals surface area contributed by atoms with Crippen molar-refractivity contribution in [3.8, 4) is 11.3 Å². The van der Waals surface area contributed by atoms with Crippen LogP contribution in [0.3, 0.4) is 0 Å². The molecule has 0 aliphatic carbocycles. The van der Waals surface area contributed by atoms with Crippen LogP contribution in [0.2, 0.25) is 0 Å². The maximum absolute atomic E-state index is 13.9. The number of nitro groups is 1. The van der Waals surface area contributed by atoms with Gasteiger partial charge in [-0.1, -0.05) is 24.3 Å². The van der Waals surface area contributed by atoms with E-state index in [9.17, 15) is 19.3 Å². The molecule has 0 aliphatic heterocycles. The van der Waals surface area contributed by atoms with Crippen molar-refractivity contribution in [3.05, 3.63) is 94.0 Å². The Bertz CT molecular complexity index is 1070. The van der Waals surface area contributed by atoms with E-state index in [2.05, 4.69) is 0 Å². The van der Waals surface area contributed by atoms with Crippen molar-refractivity contribution in [2.75, 3.05) is 7.05 Å². The van der Waals surface area contributed by atoms with Crippen LogP contribution in [0.1, 0.15) is 24.3 Å². The summed E-state index contributed by atoms with van der Waals surface area (Å²) in [6.07, 6.45) is 2.85. The second-order valence-corrected chi connectivity index (χ2v) is 6.49. The molecule has 1 aromatic heterocycles. The largest absolute Gasteiger partial charge is 0.457 e. The molecule has 29 heavy (non-hydrogen) atoms. The summed E-state index contributed by atoms with van der Waals surface area (Å²) in [5, 5.41) is 10.9. The number of likely N-dealkylation sites (N-methyl/N-ethyl adjacent to an activating group) is 1. The van der Waals surface area contributed by atoms with Crippen molar-refractivity contribution in [2.45, 2.75) is 13.0 Å². The van der Waals surface area contributed by atoms with E-state index >= 15 is 0 Å². The Hall–Kier alpha value is -3.74. The highest BCUT2D eigenvalue weighted by Gasteiger charge is 2.18. The molecular weight excluding hydrogens is 375 g/mol. The maximum Gasteiger partial charge on any atom is 0.269 e. The van der Waals surface area contributed by atoms with E-state index in [1.807, 2.05) is 0 Å². The van der Waals surface area contributed by atoms with Gasteiger partial charge in [0.1, 0.15) is 17.3 Å². The standard InChI is InChI=1S/C22H19FN2O4/c1-15(16-6-5-7-17(14-16)25(27)28)24(2)22(26)13-11-18-10-12-21(29-18)19-8-3-4-9-20(19)23/h3-15H,1-2H3/b13-11+/t15-/m1/s1. The highest BCUT2D eigenvalue weighted by atomic mass is 19.1. The molecule has 0 fully saturated rings. The number of nitro benzene ring substituents is 1. The third-order valence-corrected chi connectivity index (χ3v) is 4.65. The van der Waals surface area contributed by atoms with Crippen LogP contribution in [-0.4, -0.2) is 22.8 Å². The Morgan fingerprint density at radius 2 is 1.93 bits per heavy atom. The van der Waals surface area contributed by atoms with Crippen LogP contribution in [0, 0.1) is 15.9 Å². The van der Waals surface area contributed by atoms with E-state index in [1.165, 1.54) is 35.3 Å². The number of non-ortho nitro benzene ring substituents is 1. The molecule has 0 N–H and O–H groups in total. The number of benzene rings is 2. The summed E-state index contributed by atoms with van der Waals surface area (Å²) in [7, 11) is 1.61. The number of halogens is 1. The Morgan fingerprint density at radius 3 is 2.66 bits per heavy atom. The molecule has 1 amide bonds. The van der Waals surface area contributed by atoms with Gasteiger partial charge in [0.05, 0.1) is 16.5 Å². The van der Waals surface area contributed by atoms with E-state index < -0.39 is 4.92 Å². The lowest BCUT2D eigenvalue weighted by molar-refractivity contribution is -0.384. The number of carbonyl (C=O) groups is 1. The first-order chi connectivity index (χ1) is 13.9. The van der Waals surface area contributed by atoms with Crippen LogP contribution in [0.25, 0.3) is 17.4 Å². The molecule has 148 valence electrons. The summed E-state index contributed by atoms with van der Waals surface area (Å²) in [4.78, 5) is 24.4. The van der Waals surface area contributed by atoms with E-state index in [-0.39, 0.29) is 23.5 Å². The zero-order valence-electron chi connectivity index (χ0n) is 15.9. The summed E-state index contributed by atoms with van der Waals surface area (Å²) in [6.45, 7) is 1.79. The Morgan fingerprint density at radius 1 is 1.17 bits per heavy atom. The highest BCUT2D eigenvalue weighted by molar-refractivity contribution is 5.91. The highest BCUT2D eigenvalue weighted by Crippen LogP contribution is 2.26. The molecule has 0 bridgehead atoms. The minimum atomic E-state index is -0.470. The smallest absolute Gasteiger partial charge is 0.269 e. The SMILES string of the molecule is C[C@H](c1cccc([N+](=O)[O-])c1)N(C)C(=O)/C=C/c1ccc(-c2ccccc2F)o1. The number of rotatable bonds is 6. The average molecular weight is 394 g/mol. The van der Waals surface area contributed by atoms with Crippen molar-refractivity contribution in [3.63, 3.8) is 0 Å². The Kier molecular flexibility index (Phi) is 5.87. The predicted octanol–water partition coefficient (Wildman–Crippen LogP) is 5.23. The van der Waals surface area contributed by atoms with Gasteiger partial charge in [0.2, 0.25) is 5.91 Å². The summed E-state index contributed by atoms with van der Waals surface area (Å²) in [5.41, 5.74) is 0.972. The molecule has 0 aliphatic rings. The number of carbonyl (C=O) groups excluding carboxylic acids is 1. The average Bonchev–Trinajstić information content (AvgIpc) is 3.20. The molecule has 3 rings (SSSR count). The third-order valence-electron chi connectivity index (χ3n) is 4.65. The predicted molar refractivity (Wildman–Crippen MR) is 107 cm³/mol. The van der Waals surface area contributed by atoms with Crippen LogP contribution >= 0.6 is 0 Å². The number of hydrogen-bond acceptors (Lipinski definition) is 4. The van der Waals surface area contributed by atoms with Gasteiger partial charge in [0.25, 0.3) is 5.69 Å². The molecule has 7 heteroatoms. The van der Waals surface area contributed by atoms with Gasteiger partial charge in [-0.3, -0.25) is 14.9 Å². The zero-order chi connectivity index (χ0) is 21.0. The van der Waals surface area contributed by atoms with E-state index in [1.54, 1.807) is 56.4 Å². The van der Waals surface area contributed by atoms with E-state index in [4.69, 9.17) is 4.42 Å². The van der Waals surface area contributed by atoms with Crippen molar-refractivity contribution in [1.82, 2.24) is 4.90 Å². The molecular formula is C22H19FN2O4. The van der Waals surface area contributed by atoms with Gasteiger partial charge in [-0.05, 0) is 42.8 Å². The number of hydrogen-bond donors (Lipinski definition) is 0. The monoisotopic (exact) mass is 394 g/mol. The van der Waals surface area contributed by atoms with Crippen LogP contribution in [-0.2, 0) is 4.79 Å². The lowest BCUT2D eigenvalue weighted by atomic mass is 10.1. The molecule has 1 heterocycles. The van der Waals surface area contributed by atoms with Crippen molar-refractivity contribution >= 4 is 17.7 Å². The van der Waals surface area contributed by atoms with Crippen LogP contribution < -0.4 is 0 Å². The van der Waals surface area contributed by atoms with E-state index in [0.717, 1.165) is 0 Å². The third kappa shape index (κ3) is 4.57. The van der Waals surface area contributed by atoms with Gasteiger partial charge in [-0.25, -0.2) is 4.39 Å². The van der Waals surface area contributed by atoms with Gasteiger partial charge >= 0.3 is 0 Å². The lowest BCUT2D eigenvalue weighted by Crippen LogP contribution is -2.28. The summed E-state index contributed by atoms with van der Waals surface area (Å²) >= 11 is 0. The fourth-order valence-corrected chi connectivity index (χ4v) is 2.83. The van der Waals surface area contributed by atoms with Gasteiger partial charge in [-0.2, -0.15) is 0 Å². The lowest BCUT2D eigenvalue weighted by Gasteiger charge is -2.24. The van der Waals surface area contributed by atoms with Crippen molar-refractivity contribution in [2.24, 2.45) is 0 Å². The second-order valence-electron chi connectivity index (χ2n) is 6.49. The fraction of sp³-hybridized carbons (Fsp3) is 0.136. The fourth-order valence-electron chi connectivity index (χ4n) is 2.83. The minimum Gasteiger partial charge on any atom is -0.457 e. The quantitative estimate of drug-likeness (QED) is 0.326. The normalized spacial score (nSPS) is 12.1. The van der Waals surface area contributed by atoms with Crippen molar-refractivity contribution in [1.29, 1.82) is 0 Å². The van der Waals surface area contributed by atoms with Gasteiger partial charge in [-0.15, -0.1) is 0 Å². The summed E-state index contributed by atoms with van der Waals surface area (Å²) < 4.78 is 19.4. The van der Waals surface area contributed by atoms with E-state index in [0.29, 0.717) is 22.6 Å². The molecule has 0 saturated heterocycles. The molecule has 3 aromatic rings. The van der Waals surface area contributed by atoms with Gasteiger partial charge < -0.3 is 9.32 Å². The molecule has 0 radical (unpaired) electrons. The molecule has 0 spiro atoms. The first-order valence-corrected chi connectivity index (χ1v) is 8.91. The molecule has 0 saturated carbocycles. The van der Waals surface area contributed by atoms with Crippen LogP contribution in [0.4, 0.5) is 10.1 Å². The number of furan rings is 1. The van der Waals surface area contributed by atoms with Crippen molar-refractivity contribution < 1.29 is 18.5 Å². The van der Waals surface area contributed by atoms with Gasteiger partial charge in [0.15, 0.2) is 0 Å². The first-order valence-electron chi connectivity index (χ1n) is 8.91. The number of amides is 1. The molecule has 0 unspecified atom stereocenters. The number of nitrogens with zero attached hydrogens (tertiary/aromatic N) is 2.